The second-order valence-corrected chi connectivity index (χ2v) is 3.08. The number of nitrogens with zero attached hydrogens (tertiary/aromatic N) is 1. The van der Waals surface area contributed by atoms with E-state index in [2.05, 4.69) is 15.0 Å². The molecule has 0 bridgehead atoms. The van der Waals surface area contributed by atoms with Crippen molar-refractivity contribution >= 4 is 17.3 Å². The van der Waals surface area contributed by atoms with Crippen LogP contribution in [-0.4, -0.2) is 11.1 Å². The fourth-order valence-corrected chi connectivity index (χ4v) is 1.15. The number of carbonyl (C=O) groups excluding carboxylic acids is 1. The summed E-state index contributed by atoms with van der Waals surface area (Å²) in [6, 6.07) is 5.37. The molecule has 3 N–H and O–H groups in total. The van der Waals surface area contributed by atoms with Crippen LogP contribution in [0.4, 0.5) is 15.8 Å². The highest BCUT2D eigenvalue weighted by molar-refractivity contribution is 6.02. The van der Waals surface area contributed by atoms with E-state index in [4.69, 9.17) is 5.73 Å². The van der Waals surface area contributed by atoms with Crippen molar-refractivity contribution in [3.05, 3.63) is 42.0 Å². The van der Waals surface area contributed by atoms with Gasteiger partial charge in [0.05, 0.1) is 5.69 Å². The minimum atomic E-state index is -0.600. The van der Waals surface area contributed by atoms with Gasteiger partial charge in [-0.2, -0.15) is 0 Å². The van der Waals surface area contributed by atoms with Crippen molar-refractivity contribution in [2.75, 3.05) is 11.1 Å². The van der Waals surface area contributed by atoms with Crippen molar-refractivity contribution in [3.8, 4) is 0 Å². The fraction of sp³-hybridized carbons (Fsp3) is 0. The maximum atomic E-state index is 13.3. The fourth-order valence-electron chi connectivity index (χ4n) is 1.15. The zero-order chi connectivity index (χ0) is 11.5. The number of hydrogen-bond acceptors (Lipinski definition) is 4. The van der Waals surface area contributed by atoms with Crippen LogP contribution in [0.1, 0.15) is 10.5 Å². The molecule has 0 fully saturated rings. The Bertz CT molecular complexity index is 511. The minimum absolute atomic E-state index is 0.0437. The molecule has 0 aliphatic heterocycles. The Balaban J connectivity index is 2.18. The lowest BCUT2D eigenvalue weighted by Crippen LogP contribution is -2.13. The molecule has 16 heavy (non-hydrogen) atoms. The van der Waals surface area contributed by atoms with Gasteiger partial charge >= 0.3 is 0 Å². The van der Waals surface area contributed by atoms with E-state index in [0.717, 1.165) is 6.07 Å². The Morgan fingerprint density at radius 2 is 2.25 bits per heavy atom. The summed E-state index contributed by atoms with van der Waals surface area (Å²) in [6.45, 7) is 0. The van der Waals surface area contributed by atoms with E-state index >= 15 is 0 Å². The standard InChI is InChI=1S/C10H8FN3O2/c11-7-5-6(12)1-2-8(7)13-10(15)9-3-4-16-14-9/h1-5H,12H2,(H,13,15). The maximum absolute atomic E-state index is 13.3. The van der Waals surface area contributed by atoms with Gasteiger partial charge in [0, 0.05) is 11.8 Å². The maximum Gasteiger partial charge on any atom is 0.277 e. The summed E-state index contributed by atoms with van der Waals surface area (Å²) in [5.41, 5.74) is 5.79. The topological polar surface area (TPSA) is 81.1 Å². The van der Waals surface area contributed by atoms with Crippen LogP contribution in [0.3, 0.4) is 0 Å². The molecular formula is C10H8FN3O2. The molecule has 5 nitrogen and oxygen atoms in total. The highest BCUT2D eigenvalue weighted by Crippen LogP contribution is 2.17. The number of halogens is 1. The van der Waals surface area contributed by atoms with Gasteiger partial charge in [0.15, 0.2) is 5.69 Å². The van der Waals surface area contributed by atoms with Crippen molar-refractivity contribution in [2.24, 2.45) is 0 Å². The molecule has 0 aliphatic carbocycles. The average molecular weight is 221 g/mol. The third kappa shape index (κ3) is 2.00. The smallest absolute Gasteiger partial charge is 0.277 e. The lowest BCUT2D eigenvalue weighted by Gasteiger charge is -2.04. The summed E-state index contributed by atoms with van der Waals surface area (Å²) in [5.74, 6) is -1.14. The Hall–Kier alpha value is -2.37. The summed E-state index contributed by atoms with van der Waals surface area (Å²) in [4.78, 5) is 11.5. The van der Waals surface area contributed by atoms with Gasteiger partial charge in [0.2, 0.25) is 0 Å². The number of aromatic nitrogens is 1. The lowest BCUT2D eigenvalue weighted by molar-refractivity contribution is 0.101. The van der Waals surface area contributed by atoms with Crippen molar-refractivity contribution < 1.29 is 13.7 Å². The Labute approximate surface area is 90.0 Å². The number of anilines is 2. The van der Waals surface area contributed by atoms with E-state index in [1.165, 1.54) is 24.5 Å². The molecule has 2 rings (SSSR count). The number of amides is 1. The first-order valence-corrected chi connectivity index (χ1v) is 4.43. The predicted octanol–water partition coefficient (Wildman–Crippen LogP) is 1.65. The van der Waals surface area contributed by atoms with E-state index in [1.54, 1.807) is 0 Å². The largest absolute Gasteiger partial charge is 0.399 e. The number of carbonyl (C=O) groups is 1. The summed E-state index contributed by atoms with van der Waals surface area (Å²) < 4.78 is 17.8. The van der Waals surface area contributed by atoms with Gasteiger partial charge in [-0.25, -0.2) is 4.39 Å². The van der Waals surface area contributed by atoms with E-state index < -0.39 is 11.7 Å². The molecule has 1 aromatic carbocycles. The summed E-state index contributed by atoms with van der Waals surface area (Å²) >= 11 is 0. The molecule has 1 amide bonds. The first-order chi connectivity index (χ1) is 7.66. The van der Waals surface area contributed by atoms with Crippen LogP contribution in [0, 0.1) is 5.82 Å². The summed E-state index contributed by atoms with van der Waals surface area (Å²) in [5, 5.41) is 5.77. The number of hydrogen-bond donors (Lipinski definition) is 2. The predicted molar refractivity (Wildman–Crippen MR) is 55.3 cm³/mol. The average Bonchev–Trinajstić information content (AvgIpc) is 2.75. The SMILES string of the molecule is Nc1ccc(NC(=O)c2ccon2)c(F)c1. The number of rotatable bonds is 2. The van der Waals surface area contributed by atoms with Gasteiger partial charge in [-0.3, -0.25) is 4.79 Å². The second-order valence-electron chi connectivity index (χ2n) is 3.08. The van der Waals surface area contributed by atoms with Gasteiger partial charge in [-0.05, 0) is 18.2 Å². The van der Waals surface area contributed by atoms with Gasteiger partial charge in [0.25, 0.3) is 5.91 Å². The van der Waals surface area contributed by atoms with E-state index in [-0.39, 0.29) is 17.1 Å². The van der Waals surface area contributed by atoms with Crippen LogP contribution in [-0.2, 0) is 0 Å². The monoisotopic (exact) mass is 221 g/mol. The number of nitrogens with one attached hydrogen (secondary N) is 1. The molecule has 2 aromatic rings. The molecule has 0 saturated carbocycles. The van der Waals surface area contributed by atoms with Crippen molar-refractivity contribution in [2.45, 2.75) is 0 Å². The van der Waals surface area contributed by atoms with Crippen LogP contribution in [0.15, 0.2) is 35.1 Å². The zero-order valence-electron chi connectivity index (χ0n) is 8.11. The molecule has 82 valence electrons. The van der Waals surface area contributed by atoms with Crippen LogP contribution in [0.2, 0.25) is 0 Å². The molecule has 6 heteroatoms. The molecule has 0 aliphatic rings. The van der Waals surface area contributed by atoms with Gasteiger partial charge < -0.3 is 15.6 Å². The molecular weight excluding hydrogens is 213 g/mol. The van der Waals surface area contributed by atoms with E-state index in [1.807, 2.05) is 0 Å². The Morgan fingerprint density at radius 3 is 2.88 bits per heavy atom. The molecule has 0 radical (unpaired) electrons. The summed E-state index contributed by atoms with van der Waals surface area (Å²) in [6.07, 6.45) is 1.26. The van der Waals surface area contributed by atoms with Crippen molar-refractivity contribution in [3.63, 3.8) is 0 Å². The third-order valence-corrected chi connectivity index (χ3v) is 1.91. The molecule has 1 heterocycles. The second kappa shape index (κ2) is 4.01. The van der Waals surface area contributed by atoms with E-state index in [0.29, 0.717) is 0 Å². The first-order valence-electron chi connectivity index (χ1n) is 4.43. The van der Waals surface area contributed by atoms with Crippen LogP contribution >= 0.6 is 0 Å². The highest BCUT2D eigenvalue weighted by atomic mass is 19.1. The minimum Gasteiger partial charge on any atom is -0.399 e. The number of benzene rings is 1. The van der Waals surface area contributed by atoms with Crippen LogP contribution < -0.4 is 11.1 Å². The zero-order valence-corrected chi connectivity index (χ0v) is 8.11. The van der Waals surface area contributed by atoms with Crippen molar-refractivity contribution in [1.82, 2.24) is 5.16 Å². The third-order valence-electron chi connectivity index (χ3n) is 1.91. The van der Waals surface area contributed by atoms with Crippen molar-refractivity contribution in [1.29, 1.82) is 0 Å². The van der Waals surface area contributed by atoms with Crippen LogP contribution in [0.25, 0.3) is 0 Å². The van der Waals surface area contributed by atoms with Gasteiger partial charge in [-0.1, -0.05) is 5.16 Å². The quantitative estimate of drug-likeness (QED) is 0.755. The summed E-state index contributed by atoms with van der Waals surface area (Å²) in [7, 11) is 0. The first kappa shape index (κ1) is 10.2. The molecule has 1 aromatic heterocycles. The Kier molecular flexibility index (Phi) is 2.55. The molecule has 0 unspecified atom stereocenters. The van der Waals surface area contributed by atoms with Gasteiger partial charge in [-0.15, -0.1) is 0 Å². The van der Waals surface area contributed by atoms with Crippen LogP contribution in [0.5, 0.6) is 0 Å². The Morgan fingerprint density at radius 1 is 1.44 bits per heavy atom. The molecule has 0 atom stereocenters. The highest BCUT2D eigenvalue weighted by Gasteiger charge is 2.11. The number of nitrogen functional groups attached to an aromatic ring is 1. The lowest BCUT2D eigenvalue weighted by atomic mass is 10.2. The normalized spacial score (nSPS) is 10.1. The van der Waals surface area contributed by atoms with E-state index in [9.17, 15) is 9.18 Å². The molecule has 0 spiro atoms. The number of nitrogens with two attached hydrogens (primary N) is 1. The van der Waals surface area contributed by atoms with Gasteiger partial charge in [0.1, 0.15) is 12.1 Å². The molecule has 0 saturated heterocycles.